The molecule has 0 heterocycles. The smallest absolute Gasteiger partial charge is 0.178 e. The van der Waals surface area contributed by atoms with E-state index in [-0.39, 0.29) is 0 Å². The molecule has 1 aromatic rings. The molecule has 1 N–H and O–H groups in total. The molecular weight excluding hydrogens is 226 g/mol. The minimum absolute atomic E-state index is 0.611. The van der Waals surface area contributed by atoms with Gasteiger partial charge < -0.3 is 5.11 Å². The van der Waals surface area contributed by atoms with Crippen LogP contribution in [0.5, 0.6) is 0 Å². The summed E-state index contributed by atoms with van der Waals surface area (Å²) in [4.78, 5) is -0.611. The first kappa shape index (κ1) is 12.1. The number of hydrogen-bond donors (Lipinski definition) is 1. The van der Waals surface area contributed by atoms with E-state index < -0.39 is 38.0 Å². The first-order valence-electron chi connectivity index (χ1n) is 4.11. The molecule has 0 amide bonds. The fourth-order valence-corrected chi connectivity index (χ4v) is 1.97. The first-order chi connectivity index (χ1) is 6.75. The van der Waals surface area contributed by atoms with Crippen molar-refractivity contribution in [3.8, 4) is 0 Å². The van der Waals surface area contributed by atoms with Gasteiger partial charge in [0.1, 0.15) is 10.7 Å². The van der Waals surface area contributed by atoms with E-state index in [0.29, 0.717) is 0 Å². The molecule has 6 heteroatoms. The normalized spacial score (nSPS) is 13.9. The van der Waals surface area contributed by atoms with Gasteiger partial charge >= 0.3 is 0 Å². The standard InChI is InChI=1S/C9H10F2O3S/c1-5(12)8-6(10)3-4-7(9(8)11)15(2,13)14/h3-5,12H,1-2H3. The highest BCUT2D eigenvalue weighted by molar-refractivity contribution is 7.90. The molecular formula is C9H10F2O3S. The molecule has 0 fully saturated rings. The Hall–Kier alpha value is -1.01. The SMILES string of the molecule is CC(O)c1c(F)ccc(S(C)(=O)=O)c1F. The monoisotopic (exact) mass is 236 g/mol. The third kappa shape index (κ3) is 2.32. The van der Waals surface area contributed by atoms with Gasteiger partial charge in [0.15, 0.2) is 15.7 Å². The molecule has 0 saturated carbocycles. The molecule has 0 spiro atoms. The Morgan fingerprint density at radius 3 is 2.27 bits per heavy atom. The third-order valence-electron chi connectivity index (χ3n) is 1.91. The van der Waals surface area contributed by atoms with E-state index in [1.165, 1.54) is 0 Å². The van der Waals surface area contributed by atoms with E-state index in [2.05, 4.69) is 0 Å². The number of aliphatic hydroxyl groups is 1. The number of sulfone groups is 1. The summed E-state index contributed by atoms with van der Waals surface area (Å²) in [5.41, 5.74) is -0.627. The summed E-state index contributed by atoms with van der Waals surface area (Å²) >= 11 is 0. The fraction of sp³-hybridized carbons (Fsp3) is 0.333. The zero-order chi connectivity index (χ0) is 11.8. The average molecular weight is 236 g/mol. The Morgan fingerprint density at radius 2 is 1.87 bits per heavy atom. The van der Waals surface area contributed by atoms with Crippen molar-refractivity contribution in [1.29, 1.82) is 0 Å². The van der Waals surface area contributed by atoms with E-state index in [9.17, 15) is 17.2 Å². The lowest BCUT2D eigenvalue weighted by molar-refractivity contribution is 0.187. The van der Waals surface area contributed by atoms with Gasteiger partial charge in [0.2, 0.25) is 0 Å². The molecule has 0 bridgehead atoms. The molecule has 1 aromatic carbocycles. The summed E-state index contributed by atoms with van der Waals surface area (Å²) in [7, 11) is -3.76. The van der Waals surface area contributed by atoms with E-state index >= 15 is 0 Å². The van der Waals surface area contributed by atoms with Gasteiger partial charge in [0, 0.05) is 6.26 Å². The largest absolute Gasteiger partial charge is 0.388 e. The molecule has 15 heavy (non-hydrogen) atoms. The number of benzene rings is 1. The molecule has 3 nitrogen and oxygen atoms in total. The summed E-state index contributed by atoms with van der Waals surface area (Å²) in [5, 5.41) is 9.10. The minimum atomic E-state index is -3.76. The fourth-order valence-electron chi connectivity index (χ4n) is 1.22. The van der Waals surface area contributed by atoms with Gasteiger partial charge in [0.25, 0.3) is 0 Å². The van der Waals surface area contributed by atoms with Crippen LogP contribution in [0.15, 0.2) is 17.0 Å². The van der Waals surface area contributed by atoms with Crippen LogP contribution in [0.4, 0.5) is 8.78 Å². The maximum absolute atomic E-state index is 13.5. The maximum atomic E-state index is 13.5. The van der Waals surface area contributed by atoms with Crippen LogP contribution in [0.3, 0.4) is 0 Å². The number of rotatable bonds is 2. The molecule has 0 aromatic heterocycles. The van der Waals surface area contributed by atoms with Crippen LogP contribution in [-0.4, -0.2) is 19.8 Å². The topological polar surface area (TPSA) is 54.4 Å². The van der Waals surface area contributed by atoms with Crippen LogP contribution >= 0.6 is 0 Å². The van der Waals surface area contributed by atoms with Crippen LogP contribution < -0.4 is 0 Å². The second kappa shape index (κ2) is 3.86. The summed E-state index contributed by atoms with van der Waals surface area (Å²) in [6.45, 7) is 1.16. The lowest BCUT2D eigenvalue weighted by Crippen LogP contribution is -2.08. The Labute approximate surface area is 86.3 Å². The van der Waals surface area contributed by atoms with Gasteiger partial charge in [-0.05, 0) is 19.1 Å². The van der Waals surface area contributed by atoms with Gasteiger partial charge in [-0.15, -0.1) is 0 Å². The van der Waals surface area contributed by atoms with Crippen LogP contribution in [-0.2, 0) is 9.84 Å². The number of halogens is 2. The third-order valence-corrected chi connectivity index (χ3v) is 3.02. The van der Waals surface area contributed by atoms with Gasteiger partial charge in [0.05, 0.1) is 11.7 Å². The van der Waals surface area contributed by atoms with E-state index in [1.807, 2.05) is 0 Å². The highest BCUT2D eigenvalue weighted by Crippen LogP contribution is 2.25. The highest BCUT2D eigenvalue weighted by Gasteiger charge is 2.22. The van der Waals surface area contributed by atoms with Crippen molar-refractivity contribution < 1.29 is 22.3 Å². The molecule has 0 radical (unpaired) electrons. The Balaban J connectivity index is 3.56. The lowest BCUT2D eigenvalue weighted by Gasteiger charge is -2.10. The average Bonchev–Trinajstić information content (AvgIpc) is 2.00. The molecule has 0 aliphatic heterocycles. The van der Waals surface area contributed by atoms with Crippen LogP contribution in [0.2, 0.25) is 0 Å². The Kier molecular flexibility index (Phi) is 3.11. The first-order valence-corrected chi connectivity index (χ1v) is 6.00. The minimum Gasteiger partial charge on any atom is -0.388 e. The van der Waals surface area contributed by atoms with Gasteiger partial charge in [-0.25, -0.2) is 17.2 Å². The molecule has 1 unspecified atom stereocenters. The van der Waals surface area contributed by atoms with Crippen molar-refractivity contribution in [2.24, 2.45) is 0 Å². The summed E-state index contributed by atoms with van der Waals surface area (Å²) in [5.74, 6) is -2.19. The summed E-state index contributed by atoms with van der Waals surface area (Å²) in [6, 6.07) is 1.66. The van der Waals surface area contributed by atoms with Crippen molar-refractivity contribution in [3.05, 3.63) is 29.3 Å². The maximum Gasteiger partial charge on any atom is 0.178 e. The zero-order valence-electron chi connectivity index (χ0n) is 8.16. The van der Waals surface area contributed by atoms with Gasteiger partial charge in [-0.1, -0.05) is 0 Å². The molecule has 84 valence electrons. The van der Waals surface area contributed by atoms with Crippen LogP contribution in [0.1, 0.15) is 18.6 Å². The van der Waals surface area contributed by atoms with Crippen molar-refractivity contribution in [2.75, 3.05) is 6.26 Å². The quantitative estimate of drug-likeness (QED) is 0.790. The zero-order valence-corrected chi connectivity index (χ0v) is 8.98. The summed E-state index contributed by atoms with van der Waals surface area (Å²) in [6.07, 6.45) is -0.582. The number of aliphatic hydroxyl groups excluding tert-OH is 1. The molecule has 0 aliphatic rings. The van der Waals surface area contributed by atoms with Crippen molar-refractivity contribution >= 4 is 9.84 Å². The number of hydrogen-bond acceptors (Lipinski definition) is 3. The van der Waals surface area contributed by atoms with Gasteiger partial charge in [-0.3, -0.25) is 0 Å². The molecule has 1 atom stereocenters. The predicted molar refractivity (Wildman–Crippen MR) is 50.1 cm³/mol. The van der Waals surface area contributed by atoms with Crippen molar-refractivity contribution in [1.82, 2.24) is 0 Å². The van der Waals surface area contributed by atoms with Gasteiger partial charge in [-0.2, -0.15) is 0 Å². The summed E-state index contributed by atoms with van der Waals surface area (Å²) < 4.78 is 48.8. The molecule has 0 saturated heterocycles. The predicted octanol–water partition coefficient (Wildman–Crippen LogP) is 1.42. The molecule has 1 rings (SSSR count). The molecule has 0 aliphatic carbocycles. The Bertz CT molecular complexity index is 480. The van der Waals surface area contributed by atoms with E-state index in [1.54, 1.807) is 0 Å². The van der Waals surface area contributed by atoms with Crippen LogP contribution in [0, 0.1) is 11.6 Å². The van der Waals surface area contributed by atoms with E-state index in [0.717, 1.165) is 25.3 Å². The highest BCUT2D eigenvalue weighted by atomic mass is 32.2. The van der Waals surface area contributed by atoms with Crippen LogP contribution in [0.25, 0.3) is 0 Å². The second-order valence-electron chi connectivity index (χ2n) is 3.22. The second-order valence-corrected chi connectivity index (χ2v) is 5.21. The van der Waals surface area contributed by atoms with E-state index in [4.69, 9.17) is 5.11 Å². The van der Waals surface area contributed by atoms with Crippen molar-refractivity contribution in [3.63, 3.8) is 0 Å². The van der Waals surface area contributed by atoms with Crippen molar-refractivity contribution in [2.45, 2.75) is 17.9 Å². The Morgan fingerprint density at radius 1 is 1.33 bits per heavy atom. The lowest BCUT2D eigenvalue weighted by atomic mass is 10.1.